The van der Waals surface area contributed by atoms with Gasteiger partial charge in [-0.15, -0.1) is 0 Å². The van der Waals surface area contributed by atoms with Crippen molar-refractivity contribution in [2.45, 2.75) is 13.3 Å². The van der Waals surface area contributed by atoms with Crippen LogP contribution in [0.15, 0.2) is 53.6 Å². The molecular weight excluding hydrogens is 290 g/mol. The fourth-order valence-electron chi connectivity index (χ4n) is 1.89. The maximum absolute atomic E-state index is 11.9. The van der Waals surface area contributed by atoms with Gasteiger partial charge < -0.3 is 4.74 Å². The number of ether oxygens (including phenoxy) is 1. The number of hydrazone groups is 1. The lowest BCUT2D eigenvalue weighted by Gasteiger charge is -2.02. The summed E-state index contributed by atoms with van der Waals surface area (Å²) in [6.07, 6.45) is 2.49. The molecule has 23 heavy (non-hydrogen) atoms. The molecule has 0 aliphatic heterocycles. The lowest BCUT2D eigenvalue weighted by atomic mass is 10.1. The molecule has 0 saturated heterocycles. The van der Waals surface area contributed by atoms with Gasteiger partial charge in [0.15, 0.2) is 6.61 Å². The number of hydrogen-bond acceptors (Lipinski definition) is 4. The molecule has 116 valence electrons. The van der Waals surface area contributed by atoms with Crippen molar-refractivity contribution >= 4 is 12.1 Å². The van der Waals surface area contributed by atoms with Gasteiger partial charge >= 0.3 is 0 Å². The van der Waals surface area contributed by atoms with Crippen LogP contribution in [0.25, 0.3) is 0 Å². The zero-order valence-electron chi connectivity index (χ0n) is 12.8. The van der Waals surface area contributed by atoms with E-state index in [0.29, 0.717) is 11.3 Å². The zero-order chi connectivity index (χ0) is 16.5. The normalized spacial score (nSPS) is 10.3. The maximum atomic E-state index is 11.9. The minimum atomic E-state index is -0.252. The monoisotopic (exact) mass is 307 g/mol. The van der Waals surface area contributed by atoms with Crippen LogP contribution in [0.4, 0.5) is 0 Å². The summed E-state index contributed by atoms with van der Waals surface area (Å²) in [6.45, 7) is 2.08. The minimum Gasteiger partial charge on any atom is -0.479 e. The summed E-state index contributed by atoms with van der Waals surface area (Å²) in [6, 6.07) is 16.4. The first-order valence-electron chi connectivity index (χ1n) is 7.25. The van der Waals surface area contributed by atoms with E-state index in [1.165, 1.54) is 5.56 Å². The van der Waals surface area contributed by atoms with E-state index < -0.39 is 0 Å². The van der Waals surface area contributed by atoms with E-state index in [1.54, 1.807) is 42.6 Å². The van der Waals surface area contributed by atoms with Crippen LogP contribution in [0, 0.1) is 11.3 Å². The molecule has 0 aliphatic carbocycles. The maximum Gasteiger partial charge on any atom is 0.271 e. The molecule has 0 bridgehead atoms. The molecule has 2 aromatic rings. The second kappa shape index (κ2) is 8.35. The van der Waals surface area contributed by atoms with Crippen LogP contribution < -0.4 is 10.2 Å². The van der Waals surface area contributed by atoms with Crippen LogP contribution >= 0.6 is 0 Å². The first-order chi connectivity index (χ1) is 11.2. The van der Waals surface area contributed by atoms with Crippen molar-refractivity contribution in [2.75, 3.05) is 6.61 Å². The van der Waals surface area contributed by atoms with Crippen molar-refractivity contribution in [3.63, 3.8) is 0 Å². The summed E-state index contributed by atoms with van der Waals surface area (Å²) in [5.41, 5.74) is 5.06. The smallest absolute Gasteiger partial charge is 0.271 e. The lowest BCUT2D eigenvalue weighted by molar-refractivity contribution is 0.0955. The van der Waals surface area contributed by atoms with Gasteiger partial charge in [-0.3, -0.25) is 4.79 Å². The molecular formula is C18H17N3O2. The molecule has 0 saturated carbocycles. The molecule has 1 N–H and O–H groups in total. The van der Waals surface area contributed by atoms with E-state index in [4.69, 9.17) is 10.00 Å². The van der Waals surface area contributed by atoms with Gasteiger partial charge in [0.05, 0.1) is 6.21 Å². The zero-order valence-corrected chi connectivity index (χ0v) is 12.8. The van der Waals surface area contributed by atoms with Crippen LogP contribution in [-0.4, -0.2) is 18.7 Å². The molecule has 5 heteroatoms. The molecule has 0 aromatic heterocycles. The fraction of sp³-hybridized carbons (Fsp3) is 0.167. The van der Waals surface area contributed by atoms with Gasteiger partial charge in [0.2, 0.25) is 0 Å². The van der Waals surface area contributed by atoms with Gasteiger partial charge in [0, 0.05) is 5.56 Å². The van der Waals surface area contributed by atoms with Crippen LogP contribution in [0.3, 0.4) is 0 Å². The molecule has 5 nitrogen and oxygen atoms in total. The fourth-order valence-corrected chi connectivity index (χ4v) is 1.89. The minimum absolute atomic E-state index is 0.0142. The van der Waals surface area contributed by atoms with Crippen molar-refractivity contribution < 1.29 is 9.53 Å². The third-order valence-electron chi connectivity index (χ3n) is 3.19. The molecule has 0 aliphatic rings. The number of rotatable bonds is 6. The van der Waals surface area contributed by atoms with Gasteiger partial charge in [-0.1, -0.05) is 19.1 Å². The van der Waals surface area contributed by atoms with Crippen molar-refractivity contribution in [2.24, 2.45) is 5.10 Å². The SMILES string of the molecule is CCc1ccc(C(=O)N/N=C\c2ccc(OCC#N)cc2)cc1. The molecule has 0 atom stereocenters. The Morgan fingerprint density at radius 3 is 2.52 bits per heavy atom. The van der Waals surface area contributed by atoms with Crippen molar-refractivity contribution in [1.82, 2.24) is 5.43 Å². The van der Waals surface area contributed by atoms with Crippen LogP contribution in [-0.2, 0) is 6.42 Å². The first kappa shape index (κ1) is 16.2. The van der Waals surface area contributed by atoms with E-state index in [9.17, 15) is 4.79 Å². The third kappa shape index (κ3) is 4.97. The predicted octanol–water partition coefficient (Wildman–Crippen LogP) is 2.92. The summed E-state index contributed by atoms with van der Waals surface area (Å²) in [7, 11) is 0. The number of aryl methyl sites for hydroxylation is 1. The molecule has 2 rings (SSSR count). The highest BCUT2D eigenvalue weighted by molar-refractivity contribution is 5.94. The highest BCUT2D eigenvalue weighted by atomic mass is 16.5. The number of carbonyl (C=O) groups is 1. The Kier molecular flexibility index (Phi) is 5.89. The van der Waals surface area contributed by atoms with Crippen molar-refractivity contribution in [3.8, 4) is 11.8 Å². The Morgan fingerprint density at radius 1 is 1.22 bits per heavy atom. The number of nitriles is 1. The highest BCUT2D eigenvalue weighted by Gasteiger charge is 2.03. The molecule has 0 heterocycles. The van der Waals surface area contributed by atoms with E-state index in [-0.39, 0.29) is 12.5 Å². The lowest BCUT2D eigenvalue weighted by Crippen LogP contribution is -2.17. The second-order valence-electron chi connectivity index (χ2n) is 4.77. The molecule has 1 amide bonds. The standard InChI is InChI=1S/C18H17N3O2/c1-2-14-3-7-16(8-4-14)18(22)21-20-13-15-5-9-17(10-6-15)23-12-11-19/h3-10,13H,2,12H2,1H3,(H,21,22)/b20-13-. The van der Waals surface area contributed by atoms with Crippen molar-refractivity contribution in [3.05, 3.63) is 65.2 Å². The Balaban J connectivity index is 1.90. The quantitative estimate of drug-likeness (QED) is 0.658. The van der Waals surface area contributed by atoms with E-state index in [0.717, 1.165) is 12.0 Å². The predicted molar refractivity (Wildman–Crippen MR) is 88.4 cm³/mol. The van der Waals surface area contributed by atoms with E-state index in [2.05, 4.69) is 17.5 Å². The highest BCUT2D eigenvalue weighted by Crippen LogP contribution is 2.10. The van der Waals surface area contributed by atoms with Crippen LogP contribution in [0.2, 0.25) is 0 Å². The molecule has 0 fully saturated rings. The largest absolute Gasteiger partial charge is 0.479 e. The Hall–Kier alpha value is -3.13. The number of benzene rings is 2. The van der Waals surface area contributed by atoms with Gasteiger partial charge in [0.25, 0.3) is 5.91 Å². The number of nitrogens with one attached hydrogen (secondary N) is 1. The molecule has 0 spiro atoms. The molecule has 0 radical (unpaired) electrons. The van der Waals surface area contributed by atoms with Gasteiger partial charge in [-0.25, -0.2) is 5.43 Å². The van der Waals surface area contributed by atoms with Crippen LogP contribution in [0.5, 0.6) is 5.75 Å². The van der Waals surface area contributed by atoms with Crippen molar-refractivity contribution in [1.29, 1.82) is 5.26 Å². The molecule has 2 aromatic carbocycles. The summed E-state index contributed by atoms with van der Waals surface area (Å²) in [5, 5.41) is 12.4. The number of amides is 1. The summed E-state index contributed by atoms with van der Waals surface area (Å²) in [5.74, 6) is 0.363. The van der Waals surface area contributed by atoms with Gasteiger partial charge in [0.1, 0.15) is 11.8 Å². The van der Waals surface area contributed by atoms with E-state index in [1.807, 2.05) is 18.2 Å². The van der Waals surface area contributed by atoms with Crippen LogP contribution in [0.1, 0.15) is 28.4 Å². The first-order valence-corrected chi connectivity index (χ1v) is 7.25. The Bertz CT molecular complexity index is 713. The Morgan fingerprint density at radius 2 is 1.91 bits per heavy atom. The van der Waals surface area contributed by atoms with E-state index >= 15 is 0 Å². The summed E-state index contributed by atoms with van der Waals surface area (Å²) in [4.78, 5) is 11.9. The third-order valence-corrected chi connectivity index (χ3v) is 3.19. The van der Waals surface area contributed by atoms with Gasteiger partial charge in [-0.2, -0.15) is 10.4 Å². The number of carbonyl (C=O) groups excluding carboxylic acids is 1. The average molecular weight is 307 g/mol. The number of nitrogens with zero attached hydrogens (tertiary/aromatic N) is 2. The second-order valence-corrected chi connectivity index (χ2v) is 4.77. The Labute approximate surface area is 135 Å². The topological polar surface area (TPSA) is 74.5 Å². The number of hydrogen-bond donors (Lipinski definition) is 1. The van der Waals surface area contributed by atoms with Gasteiger partial charge in [-0.05, 0) is 53.9 Å². The summed E-state index contributed by atoms with van der Waals surface area (Å²) >= 11 is 0. The summed E-state index contributed by atoms with van der Waals surface area (Å²) < 4.78 is 5.15. The molecule has 0 unspecified atom stereocenters. The average Bonchev–Trinajstić information content (AvgIpc) is 2.61.